The van der Waals surface area contributed by atoms with E-state index in [0.717, 1.165) is 0 Å². The van der Waals surface area contributed by atoms with Crippen LogP contribution < -0.4 is 0 Å². The molecule has 0 aliphatic heterocycles. The summed E-state index contributed by atoms with van der Waals surface area (Å²) in [5, 5.41) is 0.840. The van der Waals surface area contributed by atoms with Gasteiger partial charge in [0, 0.05) is 26.6 Å². The first-order valence-electron chi connectivity index (χ1n) is 5.35. The molecule has 0 N–H and O–H groups in total. The van der Waals surface area contributed by atoms with Crippen molar-refractivity contribution in [1.82, 2.24) is 15.0 Å². The lowest BCUT2D eigenvalue weighted by atomic mass is 10.3. The Hall–Kier alpha value is -1.27. The zero-order chi connectivity index (χ0) is 13.8. The monoisotopic (exact) mass is 299 g/mol. The van der Waals surface area contributed by atoms with Gasteiger partial charge < -0.3 is 9.47 Å². The Bertz CT molecular complexity index is 577. The zero-order valence-electron chi connectivity index (χ0n) is 10.3. The number of halogens is 2. The molecular weight excluding hydrogens is 289 g/mol. The topological polar surface area (TPSA) is 57.1 Å². The quantitative estimate of drug-likeness (QED) is 0.812. The predicted octanol–water partition coefficient (Wildman–Crippen LogP) is 3.14. The van der Waals surface area contributed by atoms with Gasteiger partial charge in [-0.3, -0.25) is 0 Å². The second-order valence-electron chi connectivity index (χ2n) is 3.59. The summed E-state index contributed by atoms with van der Waals surface area (Å²) in [6.45, 7) is 0. The third kappa shape index (κ3) is 3.19. The normalized spacial score (nSPS) is 11.0. The summed E-state index contributed by atoms with van der Waals surface area (Å²) in [6.07, 6.45) is 2.52. The minimum absolute atomic E-state index is 0.385. The Labute approximate surface area is 120 Å². The zero-order valence-corrected chi connectivity index (χ0v) is 11.8. The van der Waals surface area contributed by atoms with Gasteiger partial charge in [0.2, 0.25) is 6.29 Å². The van der Waals surface area contributed by atoms with Crippen LogP contribution in [0, 0.1) is 0 Å². The number of methoxy groups -OCH3 is 2. The van der Waals surface area contributed by atoms with Crippen LogP contribution in [-0.4, -0.2) is 29.2 Å². The first-order valence-corrected chi connectivity index (χ1v) is 6.11. The molecule has 0 fully saturated rings. The molecule has 0 atom stereocenters. The molecule has 0 saturated heterocycles. The van der Waals surface area contributed by atoms with E-state index < -0.39 is 6.29 Å². The second-order valence-corrected chi connectivity index (χ2v) is 4.44. The Kier molecular flexibility index (Phi) is 4.66. The smallest absolute Gasteiger partial charge is 0.200 e. The lowest BCUT2D eigenvalue weighted by Gasteiger charge is -2.13. The number of hydrogen-bond acceptors (Lipinski definition) is 5. The van der Waals surface area contributed by atoms with Crippen LogP contribution in [0.4, 0.5) is 0 Å². The van der Waals surface area contributed by atoms with E-state index in [2.05, 4.69) is 15.0 Å². The summed E-state index contributed by atoms with van der Waals surface area (Å²) in [6, 6.07) is 3.29. The van der Waals surface area contributed by atoms with Crippen molar-refractivity contribution in [3.63, 3.8) is 0 Å². The largest absolute Gasteiger partial charge is 0.350 e. The van der Waals surface area contributed by atoms with Crippen molar-refractivity contribution >= 4 is 23.2 Å². The summed E-state index contributed by atoms with van der Waals surface area (Å²) in [5.41, 5.74) is 1.04. The van der Waals surface area contributed by atoms with Crippen LogP contribution in [0.15, 0.2) is 24.5 Å². The van der Waals surface area contributed by atoms with E-state index in [9.17, 15) is 0 Å². The molecule has 2 heterocycles. The molecule has 2 rings (SSSR count). The summed E-state index contributed by atoms with van der Waals surface area (Å²) < 4.78 is 10.3. The van der Waals surface area contributed by atoms with Gasteiger partial charge >= 0.3 is 0 Å². The number of ether oxygens (including phenoxy) is 2. The van der Waals surface area contributed by atoms with Gasteiger partial charge in [-0.05, 0) is 12.1 Å². The highest BCUT2D eigenvalue weighted by molar-refractivity contribution is 6.35. The van der Waals surface area contributed by atoms with Crippen LogP contribution in [0.5, 0.6) is 0 Å². The van der Waals surface area contributed by atoms with Crippen molar-refractivity contribution in [3.05, 3.63) is 40.3 Å². The molecule has 2 aromatic rings. The molecule has 0 aromatic carbocycles. The van der Waals surface area contributed by atoms with E-state index in [-0.39, 0.29) is 0 Å². The molecule has 0 aliphatic carbocycles. The van der Waals surface area contributed by atoms with E-state index in [1.54, 1.807) is 18.3 Å². The van der Waals surface area contributed by atoms with E-state index in [1.165, 1.54) is 20.4 Å². The average Bonchev–Trinajstić information content (AvgIpc) is 2.40. The Morgan fingerprint density at radius 3 is 2.53 bits per heavy atom. The minimum Gasteiger partial charge on any atom is -0.350 e. The molecule has 0 radical (unpaired) electrons. The maximum Gasteiger partial charge on any atom is 0.200 e. The third-order valence-corrected chi connectivity index (χ3v) is 2.86. The van der Waals surface area contributed by atoms with Crippen LogP contribution in [0.3, 0.4) is 0 Å². The molecule has 0 unspecified atom stereocenters. The molecular formula is C12H11Cl2N3O2. The Morgan fingerprint density at radius 1 is 1.16 bits per heavy atom. The van der Waals surface area contributed by atoms with E-state index in [4.69, 9.17) is 32.7 Å². The van der Waals surface area contributed by atoms with Gasteiger partial charge in [-0.1, -0.05) is 23.2 Å². The first-order chi connectivity index (χ1) is 9.15. The number of pyridine rings is 1. The number of aromatic nitrogens is 3. The molecule has 19 heavy (non-hydrogen) atoms. The van der Waals surface area contributed by atoms with Crippen LogP contribution >= 0.6 is 23.2 Å². The number of hydrogen-bond donors (Lipinski definition) is 0. The molecule has 0 spiro atoms. The molecule has 2 aromatic heterocycles. The highest BCUT2D eigenvalue weighted by Crippen LogP contribution is 2.26. The van der Waals surface area contributed by atoms with Crippen molar-refractivity contribution in [1.29, 1.82) is 0 Å². The Morgan fingerprint density at radius 2 is 1.89 bits per heavy atom. The van der Waals surface area contributed by atoms with Crippen LogP contribution in [0.2, 0.25) is 10.0 Å². The van der Waals surface area contributed by atoms with E-state index >= 15 is 0 Å². The van der Waals surface area contributed by atoms with Crippen molar-refractivity contribution in [2.45, 2.75) is 6.29 Å². The molecule has 0 bridgehead atoms. The van der Waals surface area contributed by atoms with Crippen LogP contribution in [-0.2, 0) is 9.47 Å². The standard InChI is InChI=1S/C12H11Cl2N3O2/c1-18-12(19-2)9-3-4-15-11(17-9)10-8(14)5-7(13)6-16-10/h3-6,12H,1-2H3. The van der Waals surface area contributed by atoms with Gasteiger partial charge in [0.15, 0.2) is 5.82 Å². The maximum absolute atomic E-state index is 6.07. The van der Waals surface area contributed by atoms with Gasteiger partial charge in [-0.25, -0.2) is 15.0 Å². The SMILES string of the molecule is COC(OC)c1ccnc(-c2ncc(Cl)cc2Cl)n1. The average molecular weight is 300 g/mol. The third-order valence-electron chi connectivity index (χ3n) is 2.37. The van der Waals surface area contributed by atoms with Gasteiger partial charge in [0.1, 0.15) is 11.4 Å². The fourth-order valence-electron chi connectivity index (χ4n) is 1.53. The lowest BCUT2D eigenvalue weighted by Crippen LogP contribution is -2.07. The second kappa shape index (κ2) is 6.25. The molecule has 0 amide bonds. The summed E-state index contributed by atoms with van der Waals surface area (Å²) in [5.74, 6) is 0.387. The Balaban J connectivity index is 2.43. The highest BCUT2D eigenvalue weighted by atomic mass is 35.5. The fraction of sp³-hybridized carbons (Fsp3) is 0.250. The van der Waals surface area contributed by atoms with Crippen LogP contribution in [0.1, 0.15) is 12.0 Å². The summed E-state index contributed by atoms with van der Waals surface area (Å²) in [4.78, 5) is 12.6. The molecule has 100 valence electrons. The number of rotatable bonds is 4. The van der Waals surface area contributed by atoms with Gasteiger partial charge in [0.25, 0.3) is 0 Å². The summed E-state index contributed by atoms with van der Waals surface area (Å²) in [7, 11) is 3.06. The maximum atomic E-state index is 6.07. The lowest BCUT2D eigenvalue weighted by molar-refractivity contribution is -0.108. The number of nitrogens with zero attached hydrogens (tertiary/aromatic N) is 3. The first kappa shape index (κ1) is 14.1. The van der Waals surface area contributed by atoms with Gasteiger partial charge in [-0.15, -0.1) is 0 Å². The molecule has 5 nitrogen and oxygen atoms in total. The van der Waals surface area contributed by atoms with Crippen molar-refractivity contribution < 1.29 is 9.47 Å². The van der Waals surface area contributed by atoms with Crippen molar-refractivity contribution in [3.8, 4) is 11.5 Å². The minimum atomic E-state index is -0.562. The van der Waals surface area contributed by atoms with Crippen LogP contribution in [0.25, 0.3) is 11.5 Å². The molecule has 7 heteroatoms. The van der Waals surface area contributed by atoms with Gasteiger partial charge in [-0.2, -0.15) is 0 Å². The molecule has 0 aliphatic rings. The fourth-order valence-corrected chi connectivity index (χ4v) is 2.00. The van der Waals surface area contributed by atoms with Crippen molar-refractivity contribution in [2.24, 2.45) is 0 Å². The van der Waals surface area contributed by atoms with E-state index in [0.29, 0.717) is 27.3 Å². The predicted molar refractivity (Wildman–Crippen MR) is 72.0 cm³/mol. The highest BCUT2D eigenvalue weighted by Gasteiger charge is 2.14. The van der Waals surface area contributed by atoms with Gasteiger partial charge in [0.05, 0.1) is 10.0 Å². The van der Waals surface area contributed by atoms with E-state index in [1.807, 2.05) is 0 Å². The molecule has 0 saturated carbocycles. The van der Waals surface area contributed by atoms with Crippen molar-refractivity contribution in [2.75, 3.05) is 14.2 Å². The summed E-state index contributed by atoms with van der Waals surface area (Å²) >= 11 is 11.9.